The summed E-state index contributed by atoms with van der Waals surface area (Å²) >= 11 is 5.84. The first-order valence-electron chi connectivity index (χ1n) is 6.03. The number of nitrogens with one attached hydrogen (secondary N) is 1. The Morgan fingerprint density at radius 1 is 1.38 bits per heavy atom. The molecular weight excluding hydrogens is 222 g/mol. The van der Waals surface area contributed by atoms with Crippen LogP contribution in [0.5, 0.6) is 0 Å². The second kappa shape index (κ2) is 5.48. The molecular formula is C12H18ClN3. The van der Waals surface area contributed by atoms with Crippen LogP contribution >= 0.6 is 11.6 Å². The van der Waals surface area contributed by atoms with Gasteiger partial charge in [0.25, 0.3) is 0 Å². The molecule has 0 amide bonds. The van der Waals surface area contributed by atoms with E-state index in [1.807, 2.05) is 0 Å². The van der Waals surface area contributed by atoms with Gasteiger partial charge in [0.05, 0.1) is 0 Å². The normalized spacial score (nSPS) is 25.4. The van der Waals surface area contributed by atoms with Gasteiger partial charge >= 0.3 is 0 Å². The number of aromatic nitrogens is 2. The van der Waals surface area contributed by atoms with E-state index in [4.69, 9.17) is 11.6 Å². The quantitative estimate of drug-likeness (QED) is 0.821. The van der Waals surface area contributed by atoms with E-state index in [0.717, 1.165) is 11.7 Å². The van der Waals surface area contributed by atoms with Crippen LogP contribution in [0.25, 0.3) is 0 Å². The van der Waals surface area contributed by atoms with Gasteiger partial charge in [-0.1, -0.05) is 37.8 Å². The van der Waals surface area contributed by atoms with Gasteiger partial charge in [0.2, 0.25) is 0 Å². The summed E-state index contributed by atoms with van der Waals surface area (Å²) < 4.78 is 0. The standard InChI is InChI=1S/C12H18ClN3/c1-2-9-5-3-4-6-10(9)16-12-7-11(13)14-8-15-12/h7-10H,2-6H2,1H3,(H,14,15,16). The molecule has 0 radical (unpaired) electrons. The summed E-state index contributed by atoms with van der Waals surface area (Å²) in [7, 11) is 0. The van der Waals surface area contributed by atoms with Crippen molar-refractivity contribution in [2.45, 2.75) is 45.1 Å². The minimum atomic E-state index is 0.501. The molecule has 3 nitrogen and oxygen atoms in total. The first-order valence-corrected chi connectivity index (χ1v) is 6.41. The minimum absolute atomic E-state index is 0.501. The summed E-state index contributed by atoms with van der Waals surface area (Å²) in [5.74, 6) is 1.62. The highest BCUT2D eigenvalue weighted by Crippen LogP contribution is 2.29. The van der Waals surface area contributed by atoms with Gasteiger partial charge < -0.3 is 5.32 Å². The maximum Gasteiger partial charge on any atom is 0.134 e. The highest BCUT2D eigenvalue weighted by Gasteiger charge is 2.23. The van der Waals surface area contributed by atoms with Crippen molar-refractivity contribution < 1.29 is 0 Å². The molecule has 0 aromatic carbocycles. The average Bonchev–Trinajstić information content (AvgIpc) is 2.30. The van der Waals surface area contributed by atoms with Crippen LogP contribution in [0.4, 0.5) is 5.82 Å². The zero-order valence-corrected chi connectivity index (χ0v) is 10.4. The summed E-state index contributed by atoms with van der Waals surface area (Å²) in [6.07, 6.45) is 7.98. The van der Waals surface area contributed by atoms with E-state index in [1.165, 1.54) is 38.4 Å². The number of rotatable bonds is 3. The molecule has 0 saturated heterocycles. The van der Waals surface area contributed by atoms with Crippen LogP contribution in [0, 0.1) is 5.92 Å². The number of halogens is 1. The van der Waals surface area contributed by atoms with E-state index < -0.39 is 0 Å². The molecule has 0 bridgehead atoms. The Kier molecular flexibility index (Phi) is 3.99. The zero-order chi connectivity index (χ0) is 11.4. The van der Waals surface area contributed by atoms with Crippen molar-refractivity contribution in [2.75, 3.05) is 5.32 Å². The van der Waals surface area contributed by atoms with Crippen molar-refractivity contribution in [2.24, 2.45) is 5.92 Å². The summed E-state index contributed by atoms with van der Waals surface area (Å²) in [4.78, 5) is 8.08. The fourth-order valence-electron chi connectivity index (χ4n) is 2.49. The Morgan fingerprint density at radius 3 is 2.94 bits per heavy atom. The summed E-state index contributed by atoms with van der Waals surface area (Å²) in [5.41, 5.74) is 0. The molecule has 1 aromatic rings. The lowest BCUT2D eigenvalue weighted by molar-refractivity contribution is 0.317. The molecule has 1 saturated carbocycles. The maximum atomic E-state index is 5.84. The molecule has 1 aromatic heterocycles. The second-order valence-corrected chi connectivity index (χ2v) is 4.82. The van der Waals surface area contributed by atoms with Gasteiger partial charge in [-0.15, -0.1) is 0 Å². The Bertz CT molecular complexity index is 343. The van der Waals surface area contributed by atoms with E-state index in [2.05, 4.69) is 22.2 Å². The van der Waals surface area contributed by atoms with Crippen molar-refractivity contribution in [1.82, 2.24) is 9.97 Å². The molecule has 2 unspecified atom stereocenters. The van der Waals surface area contributed by atoms with E-state index in [1.54, 1.807) is 6.07 Å². The predicted octanol–water partition coefficient (Wildman–Crippen LogP) is 3.51. The van der Waals surface area contributed by atoms with Crippen LogP contribution in [-0.4, -0.2) is 16.0 Å². The van der Waals surface area contributed by atoms with Crippen LogP contribution in [-0.2, 0) is 0 Å². The molecule has 2 rings (SSSR count). The smallest absolute Gasteiger partial charge is 0.134 e. The lowest BCUT2D eigenvalue weighted by atomic mass is 9.83. The van der Waals surface area contributed by atoms with Crippen LogP contribution in [0.3, 0.4) is 0 Å². The maximum absolute atomic E-state index is 5.84. The monoisotopic (exact) mass is 239 g/mol. The lowest BCUT2D eigenvalue weighted by Gasteiger charge is -2.31. The first kappa shape index (κ1) is 11.6. The molecule has 1 aliphatic carbocycles. The third-order valence-corrected chi connectivity index (χ3v) is 3.61. The summed E-state index contributed by atoms with van der Waals surface area (Å²) in [6, 6.07) is 2.34. The van der Waals surface area contributed by atoms with Crippen molar-refractivity contribution in [3.8, 4) is 0 Å². The highest BCUT2D eigenvalue weighted by atomic mass is 35.5. The van der Waals surface area contributed by atoms with Crippen molar-refractivity contribution in [3.63, 3.8) is 0 Å². The number of hydrogen-bond acceptors (Lipinski definition) is 3. The zero-order valence-electron chi connectivity index (χ0n) is 9.62. The molecule has 0 spiro atoms. The lowest BCUT2D eigenvalue weighted by Crippen LogP contribution is -2.32. The third kappa shape index (κ3) is 2.85. The van der Waals surface area contributed by atoms with Gasteiger partial charge in [-0.3, -0.25) is 0 Å². The topological polar surface area (TPSA) is 37.8 Å². The predicted molar refractivity (Wildman–Crippen MR) is 66.7 cm³/mol. The Hall–Kier alpha value is -0.830. The third-order valence-electron chi connectivity index (χ3n) is 3.40. The van der Waals surface area contributed by atoms with Gasteiger partial charge in [-0.05, 0) is 18.8 Å². The van der Waals surface area contributed by atoms with Crippen LogP contribution in [0.1, 0.15) is 39.0 Å². The number of nitrogens with zero attached hydrogens (tertiary/aromatic N) is 2. The summed E-state index contributed by atoms with van der Waals surface area (Å²) in [5, 5.41) is 3.99. The molecule has 0 aliphatic heterocycles. The molecule has 16 heavy (non-hydrogen) atoms. The molecule has 1 fully saturated rings. The Labute approximate surface area is 102 Å². The Balaban J connectivity index is 2.02. The fourth-order valence-corrected chi connectivity index (χ4v) is 2.64. The van der Waals surface area contributed by atoms with E-state index >= 15 is 0 Å². The fraction of sp³-hybridized carbons (Fsp3) is 0.667. The van der Waals surface area contributed by atoms with Crippen molar-refractivity contribution >= 4 is 17.4 Å². The second-order valence-electron chi connectivity index (χ2n) is 4.43. The van der Waals surface area contributed by atoms with Crippen LogP contribution in [0.15, 0.2) is 12.4 Å². The highest BCUT2D eigenvalue weighted by molar-refractivity contribution is 6.29. The van der Waals surface area contributed by atoms with Crippen LogP contribution in [0.2, 0.25) is 5.15 Å². The molecule has 1 N–H and O–H groups in total. The molecule has 88 valence electrons. The van der Waals surface area contributed by atoms with E-state index in [0.29, 0.717) is 11.2 Å². The van der Waals surface area contributed by atoms with Gasteiger partial charge in [0, 0.05) is 12.1 Å². The first-order chi connectivity index (χ1) is 7.79. The SMILES string of the molecule is CCC1CCCCC1Nc1cc(Cl)ncn1. The van der Waals surface area contributed by atoms with Crippen molar-refractivity contribution in [3.05, 3.63) is 17.5 Å². The number of anilines is 1. The summed E-state index contributed by atoms with van der Waals surface area (Å²) in [6.45, 7) is 2.26. The van der Waals surface area contributed by atoms with E-state index in [-0.39, 0.29) is 0 Å². The largest absolute Gasteiger partial charge is 0.367 e. The molecule has 1 heterocycles. The molecule has 1 aliphatic rings. The van der Waals surface area contributed by atoms with E-state index in [9.17, 15) is 0 Å². The van der Waals surface area contributed by atoms with Gasteiger partial charge in [-0.25, -0.2) is 9.97 Å². The van der Waals surface area contributed by atoms with Gasteiger partial charge in [0.1, 0.15) is 17.3 Å². The number of hydrogen-bond donors (Lipinski definition) is 1. The van der Waals surface area contributed by atoms with Gasteiger partial charge in [0.15, 0.2) is 0 Å². The average molecular weight is 240 g/mol. The van der Waals surface area contributed by atoms with Crippen LogP contribution < -0.4 is 5.32 Å². The minimum Gasteiger partial charge on any atom is -0.367 e. The van der Waals surface area contributed by atoms with Gasteiger partial charge in [-0.2, -0.15) is 0 Å². The Morgan fingerprint density at radius 2 is 2.19 bits per heavy atom. The molecule has 2 atom stereocenters. The van der Waals surface area contributed by atoms with Crippen molar-refractivity contribution in [1.29, 1.82) is 0 Å². The molecule has 4 heteroatoms.